The van der Waals surface area contributed by atoms with Gasteiger partial charge in [0.1, 0.15) is 5.50 Å². The first-order chi connectivity index (χ1) is 5.79. The van der Waals surface area contributed by atoms with Gasteiger partial charge in [0, 0.05) is 10.6 Å². The molecule has 0 aromatic heterocycles. The van der Waals surface area contributed by atoms with Crippen LogP contribution < -0.4 is 11.1 Å². The maximum absolute atomic E-state index is 8.62. The number of nitrogens with two attached hydrogens (primary N) is 1. The van der Waals surface area contributed by atoms with Crippen LogP contribution in [0.1, 0.15) is 5.56 Å². The number of thioether (sulfide) groups is 1. The quantitative estimate of drug-likeness (QED) is 0.627. The van der Waals surface area contributed by atoms with Crippen LogP contribution in [0.4, 0.5) is 5.69 Å². The topological polar surface area (TPSA) is 61.8 Å². The van der Waals surface area contributed by atoms with Gasteiger partial charge in [-0.25, -0.2) is 0 Å². The lowest BCUT2D eigenvalue weighted by Crippen LogP contribution is -2.20. The molecule has 1 atom stereocenters. The fourth-order valence-electron chi connectivity index (χ4n) is 1.13. The van der Waals surface area contributed by atoms with Crippen molar-refractivity contribution in [2.75, 3.05) is 5.32 Å². The second-order valence-electron chi connectivity index (χ2n) is 2.51. The Bertz CT molecular complexity index is 356. The zero-order chi connectivity index (χ0) is 8.55. The van der Waals surface area contributed by atoms with Crippen molar-refractivity contribution >= 4 is 17.4 Å². The van der Waals surface area contributed by atoms with Gasteiger partial charge in [0.2, 0.25) is 0 Å². The zero-order valence-electron chi connectivity index (χ0n) is 6.24. The molecule has 1 aromatic rings. The van der Waals surface area contributed by atoms with Crippen molar-refractivity contribution < 1.29 is 0 Å². The van der Waals surface area contributed by atoms with Gasteiger partial charge in [-0.3, -0.25) is 0 Å². The maximum Gasteiger partial charge on any atom is 0.127 e. The fourth-order valence-corrected chi connectivity index (χ4v) is 2.04. The number of nitrogens with one attached hydrogen (secondary N) is 1. The maximum atomic E-state index is 8.62. The van der Waals surface area contributed by atoms with Gasteiger partial charge in [-0.15, -0.1) is 0 Å². The third-order valence-corrected chi connectivity index (χ3v) is 2.63. The van der Waals surface area contributed by atoms with Crippen molar-refractivity contribution in [1.29, 1.82) is 5.26 Å². The van der Waals surface area contributed by atoms with E-state index in [4.69, 9.17) is 11.0 Å². The van der Waals surface area contributed by atoms with Gasteiger partial charge >= 0.3 is 0 Å². The summed E-state index contributed by atoms with van der Waals surface area (Å²) in [6, 6.07) is 7.60. The van der Waals surface area contributed by atoms with Crippen molar-refractivity contribution in [3.63, 3.8) is 0 Å². The van der Waals surface area contributed by atoms with Crippen LogP contribution in [0.3, 0.4) is 0 Å². The smallest absolute Gasteiger partial charge is 0.127 e. The molecular formula is C8H7N3S. The van der Waals surface area contributed by atoms with E-state index in [1.165, 1.54) is 11.8 Å². The van der Waals surface area contributed by atoms with Crippen LogP contribution in [0.15, 0.2) is 23.1 Å². The second-order valence-corrected chi connectivity index (χ2v) is 3.69. The third-order valence-electron chi connectivity index (χ3n) is 1.66. The minimum absolute atomic E-state index is 0.0751. The zero-order valence-corrected chi connectivity index (χ0v) is 7.06. The van der Waals surface area contributed by atoms with E-state index in [1.54, 1.807) is 6.07 Å². The van der Waals surface area contributed by atoms with Crippen LogP contribution in [0.5, 0.6) is 0 Å². The molecule has 4 heteroatoms. The molecule has 3 nitrogen and oxygen atoms in total. The molecule has 0 saturated heterocycles. The first-order valence-electron chi connectivity index (χ1n) is 3.52. The van der Waals surface area contributed by atoms with Gasteiger partial charge in [-0.2, -0.15) is 5.26 Å². The average molecular weight is 177 g/mol. The molecule has 2 rings (SSSR count). The van der Waals surface area contributed by atoms with E-state index in [9.17, 15) is 0 Å². The Hall–Kier alpha value is -1.18. The van der Waals surface area contributed by atoms with E-state index in [0.29, 0.717) is 5.56 Å². The molecule has 0 amide bonds. The van der Waals surface area contributed by atoms with Gasteiger partial charge in [0.05, 0.1) is 11.6 Å². The number of nitriles is 1. The molecule has 12 heavy (non-hydrogen) atoms. The first-order valence-corrected chi connectivity index (χ1v) is 4.40. The number of hydrogen-bond acceptors (Lipinski definition) is 4. The molecule has 0 radical (unpaired) electrons. The molecule has 1 aliphatic rings. The average Bonchev–Trinajstić information content (AvgIpc) is 2.43. The Labute approximate surface area is 74.6 Å². The van der Waals surface area contributed by atoms with E-state index < -0.39 is 0 Å². The second kappa shape index (κ2) is 2.70. The number of rotatable bonds is 0. The van der Waals surface area contributed by atoms with Gasteiger partial charge in [-0.05, 0) is 18.2 Å². The summed E-state index contributed by atoms with van der Waals surface area (Å²) in [6.45, 7) is 0. The van der Waals surface area contributed by atoms with Gasteiger partial charge in [-0.1, -0.05) is 11.8 Å². The van der Waals surface area contributed by atoms with Crippen LogP contribution >= 0.6 is 11.8 Å². The summed E-state index contributed by atoms with van der Waals surface area (Å²) in [7, 11) is 0. The molecule has 3 N–H and O–H groups in total. The van der Waals surface area contributed by atoms with E-state index in [0.717, 1.165) is 10.6 Å². The van der Waals surface area contributed by atoms with Crippen molar-refractivity contribution in [2.45, 2.75) is 10.4 Å². The van der Waals surface area contributed by atoms with Gasteiger partial charge < -0.3 is 11.1 Å². The number of hydrogen-bond donors (Lipinski definition) is 2. The summed E-state index contributed by atoms with van der Waals surface area (Å²) in [4.78, 5) is 1.06. The molecule has 60 valence electrons. The Morgan fingerprint density at radius 1 is 1.58 bits per heavy atom. The minimum atomic E-state index is -0.0751. The summed E-state index contributed by atoms with van der Waals surface area (Å²) in [5, 5.41) is 11.7. The summed E-state index contributed by atoms with van der Waals surface area (Å²) in [5.74, 6) is 0. The number of fused-ring (bicyclic) bond motifs is 1. The molecule has 1 aromatic carbocycles. The fraction of sp³-hybridized carbons (Fsp3) is 0.125. The molecule has 0 bridgehead atoms. The monoisotopic (exact) mass is 177 g/mol. The molecular weight excluding hydrogens is 170 g/mol. The summed E-state index contributed by atoms with van der Waals surface area (Å²) in [5.41, 5.74) is 7.27. The Morgan fingerprint density at radius 2 is 2.42 bits per heavy atom. The molecule has 0 aliphatic carbocycles. The Balaban J connectivity index is 2.44. The third kappa shape index (κ3) is 1.13. The SMILES string of the molecule is N#Cc1ccc2c(c1)SC(N)N2. The molecule has 0 fully saturated rings. The van der Waals surface area contributed by atoms with E-state index in [1.807, 2.05) is 12.1 Å². The lowest BCUT2D eigenvalue weighted by atomic mass is 10.2. The highest BCUT2D eigenvalue weighted by Gasteiger charge is 2.17. The standard InChI is InChI=1S/C8H7N3S/c9-4-5-1-2-6-7(3-5)12-8(10)11-6/h1-3,8,11H,10H2. The van der Waals surface area contributed by atoms with Gasteiger partial charge in [0.25, 0.3) is 0 Å². The highest BCUT2D eigenvalue weighted by Crippen LogP contribution is 2.36. The predicted molar refractivity (Wildman–Crippen MR) is 48.6 cm³/mol. The number of nitrogens with zero attached hydrogens (tertiary/aromatic N) is 1. The molecule has 0 saturated carbocycles. The highest BCUT2D eigenvalue weighted by atomic mass is 32.2. The van der Waals surface area contributed by atoms with Crippen molar-refractivity contribution in [3.8, 4) is 6.07 Å². The first kappa shape index (κ1) is 7.47. The van der Waals surface area contributed by atoms with Crippen LogP contribution in [-0.2, 0) is 0 Å². The van der Waals surface area contributed by atoms with Gasteiger partial charge in [0.15, 0.2) is 0 Å². The number of anilines is 1. The Morgan fingerprint density at radius 3 is 3.17 bits per heavy atom. The van der Waals surface area contributed by atoms with E-state index >= 15 is 0 Å². The minimum Gasteiger partial charge on any atom is -0.360 e. The lowest BCUT2D eigenvalue weighted by molar-refractivity contribution is 1.08. The molecule has 0 spiro atoms. The molecule has 1 heterocycles. The normalized spacial score (nSPS) is 19.5. The van der Waals surface area contributed by atoms with E-state index in [2.05, 4.69) is 11.4 Å². The molecule has 1 unspecified atom stereocenters. The summed E-state index contributed by atoms with van der Waals surface area (Å²) < 4.78 is 0. The van der Waals surface area contributed by atoms with Crippen LogP contribution in [0.25, 0.3) is 0 Å². The highest BCUT2D eigenvalue weighted by molar-refractivity contribution is 8.00. The lowest BCUT2D eigenvalue weighted by Gasteiger charge is -1.99. The predicted octanol–water partition coefficient (Wildman–Crippen LogP) is 1.32. The van der Waals surface area contributed by atoms with Crippen LogP contribution in [-0.4, -0.2) is 5.50 Å². The van der Waals surface area contributed by atoms with Crippen LogP contribution in [0.2, 0.25) is 0 Å². The van der Waals surface area contributed by atoms with Crippen molar-refractivity contribution in [3.05, 3.63) is 23.8 Å². The summed E-state index contributed by atoms with van der Waals surface area (Å²) >= 11 is 1.54. The van der Waals surface area contributed by atoms with Crippen molar-refractivity contribution in [1.82, 2.24) is 0 Å². The largest absolute Gasteiger partial charge is 0.360 e. The van der Waals surface area contributed by atoms with Crippen LogP contribution in [0, 0.1) is 11.3 Å². The van der Waals surface area contributed by atoms with E-state index in [-0.39, 0.29) is 5.50 Å². The molecule has 1 aliphatic heterocycles. The van der Waals surface area contributed by atoms with Crippen molar-refractivity contribution in [2.24, 2.45) is 5.73 Å². The number of benzene rings is 1. The summed E-state index contributed by atoms with van der Waals surface area (Å²) in [6.07, 6.45) is 0. The Kier molecular flexibility index (Phi) is 1.68.